The van der Waals surface area contributed by atoms with Crippen LogP contribution in [0, 0.1) is 0 Å². The number of piperidine rings is 2. The number of amides is 1. The number of hydrogen-bond acceptors (Lipinski definition) is 3. The molecule has 166 valence electrons. The molecule has 0 spiro atoms. The number of halogens is 1. The third-order valence-electron chi connectivity index (χ3n) is 6.96. The van der Waals surface area contributed by atoms with Crippen molar-refractivity contribution < 1.29 is 4.79 Å². The fourth-order valence-electron chi connectivity index (χ4n) is 5.24. The molecule has 1 aromatic carbocycles. The number of rotatable bonds is 5. The van der Waals surface area contributed by atoms with Gasteiger partial charge < -0.3 is 20.4 Å². The third kappa shape index (κ3) is 5.46. The Morgan fingerprint density at radius 1 is 1.13 bits per heavy atom. The molecule has 1 aromatic rings. The van der Waals surface area contributed by atoms with E-state index in [1.54, 1.807) is 0 Å². The molecular formula is C23H36IN5O. The minimum absolute atomic E-state index is 0. The molecule has 1 amide bonds. The number of fused-ring (bicyclic) bond motifs is 3. The third-order valence-corrected chi connectivity index (χ3v) is 6.96. The topological polar surface area (TPSA) is 60.0 Å². The van der Waals surface area contributed by atoms with E-state index in [1.807, 2.05) is 24.1 Å². The summed E-state index contributed by atoms with van der Waals surface area (Å²) in [4.78, 5) is 21.5. The Hall–Kier alpha value is -1.35. The van der Waals surface area contributed by atoms with Crippen LogP contribution in [0.4, 0.5) is 0 Å². The highest BCUT2D eigenvalue weighted by Gasteiger charge is 2.36. The van der Waals surface area contributed by atoms with Gasteiger partial charge in [0.05, 0.1) is 0 Å². The van der Waals surface area contributed by atoms with Gasteiger partial charge in [-0.3, -0.25) is 9.79 Å². The Morgan fingerprint density at radius 3 is 2.37 bits per heavy atom. The molecule has 2 N–H and O–H groups in total. The number of guanidine groups is 1. The standard InChI is InChI=1S/C23H35N5O.HI/c1-24-23(26-19-13-20-9-5-10-21(14-19)27(20)2)25-12-6-11-22(29)28-15-17-7-3-4-8-18(17)16-28;/h3-4,7-8,19-21H,5-6,9-16H2,1-2H3,(H2,24,25,26);1H. The summed E-state index contributed by atoms with van der Waals surface area (Å²) in [6.07, 6.45) is 7.81. The van der Waals surface area contributed by atoms with Crippen molar-refractivity contribution in [2.45, 2.75) is 76.2 Å². The van der Waals surface area contributed by atoms with Crippen LogP contribution in [-0.4, -0.2) is 60.4 Å². The number of benzene rings is 1. The van der Waals surface area contributed by atoms with E-state index in [2.05, 4.69) is 39.7 Å². The van der Waals surface area contributed by atoms with Gasteiger partial charge in [0, 0.05) is 51.2 Å². The summed E-state index contributed by atoms with van der Waals surface area (Å²) in [5.41, 5.74) is 2.57. The zero-order chi connectivity index (χ0) is 20.2. The van der Waals surface area contributed by atoms with Crippen LogP contribution in [0.25, 0.3) is 0 Å². The number of aliphatic imine (C=N–C) groups is 1. The van der Waals surface area contributed by atoms with Crippen LogP contribution in [0.15, 0.2) is 29.3 Å². The first-order valence-electron chi connectivity index (χ1n) is 11.2. The Bertz CT molecular complexity index is 716. The van der Waals surface area contributed by atoms with Crippen LogP contribution < -0.4 is 10.6 Å². The maximum Gasteiger partial charge on any atom is 0.223 e. The average Bonchev–Trinajstić information content (AvgIpc) is 3.15. The van der Waals surface area contributed by atoms with Crippen molar-refractivity contribution in [1.29, 1.82) is 0 Å². The van der Waals surface area contributed by atoms with Crippen LogP contribution >= 0.6 is 24.0 Å². The number of nitrogens with zero attached hydrogens (tertiary/aromatic N) is 3. The highest BCUT2D eigenvalue weighted by Crippen LogP contribution is 2.32. The predicted molar refractivity (Wildman–Crippen MR) is 132 cm³/mol. The van der Waals surface area contributed by atoms with Crippen molar-refractivity contribution in [2.75, 3.05) is 20.6 Å². The number of hydrogen-bond donors (Lipinski definition) is 2. The highest BCUT2D eigenvalue weighted by molar-refractivity contribution is 14.0. The summed E-state index contributed by atoms with van der Waals surface area (Å²) >= 11 is 0. The van der Waals surface area contributed by atoms with E-state index in [1.165, 1.54) is 43.2 Å². The molecule has 2 atom stereocenters. The SMILES string of the molecule is CN=C(NCCCC(=O)N1Cc2ccccc2C1)NC1CC2CCCC(C1)N2C.I. The lowest BCUT2D eigenvalue weighted by atomic mass is 9.82. The van der Waals surface area contributed by atoms with Gasteiger partial charge in [0.2, 0.25) is 5.91 Å². The van der Waals surface area contributed by atoms with Crippen LogP contribution in [-0.2, 0) is 17.9 Å². The van der Waals surface area contributed by atoms with Crippen molar-refractivity contribution in [1.82, 2.24) is 20.4 Å². The summed E-state index contributed by atoms with van der Waals surface area (Å²) in [5.74, 6) is 1.12. The van der Waals surface area contributed by atoms with Gasteiger partial charge in [0.15, 0.2) is 5.96 Å². The van der Waals surface area contributed by atoms with Gasteiger partial charge in [-0.1, -0.05) is 30.7 Å². The van der Waals surface area contributed by atoms with E-state index in [4.69, 9.17) is 0 Å². The van der Waals surface area contributed by atoms with E-state index < -0.39 is 0 Å². The maximum atomic E-state index is 12.5. The first-order valence-corrected chi connectivity index (χ1v) is 11.2. The quantitative estimate of drug-likeness (QED) is 0.269. The molecule has 0 aromatic heterocycles. The monoisotopic (exact) mass is 525 g/mol. The second-order valence-corrected chi connectivity index (χ2v) is 8.84. The van der Waals surface area contributed by atoms with E-state index in [0.29, 0.717) is 24.5 Å². The lowest BCUT2D eigenvalue weighted by Gasteiger charge is -2.47. The van der Waals surface area contributed by atoms with Gasteiger partial charge in [-0.25, -0.2) is 0 Å². The Balaban J connectivity index is 0.00000256. The zero-order valence-corrected chi connectivity index (χ0v) is 20.6. The molecule has 3 heterocycles. The highest BCUT2D eigenvalue weighted by atomic mass is 127. The summed E-state index contributed by atoms with van der Waals surface area (Å²) in [7, 11) is 4.12. The molecule has 2 saturated heterocycles. The van der Waals surface area contributed by atoms with Gasteiger partial charge >= 0.3 is 0 Å². The molecule has 2 unspecified atom stereocenters. The van der Waals surface area contributed by atoms with Crippen molar-refractivity contribution >= 4 is 35.8 Å². The molecule has 6 nitrogen and oxygen atoms in total. The van der Waals surface area contributed by atoms with E-state index in [-0.39, 0.29) is 29.9 Å². The van der Waals surface area contributed by atoms with Crippen molar-refractivity contribution in [2.24, 2.45) is 4.99 Å². The molecule has 3 aliphatic rings. The summed E-state index contributed by atoms with van der Waals surface area (Å²) in [6, 6.07) is 10.3. The van der Waals surface area contributed by atoms with Gasteiger partial charge in [-0.05, 0) is 50.3 Å². The smallest absolute Gasteiger partial charge is 0.223 e. The minimum atomic E-state index is 0. The summed E-state index contributed by atoms with van der Waals surface area (Å²) in [6.45, 7) is 2.28. The van der Waals surface area contributed by atoms with Crippen molar-refractivity contribution in [3.63, 3.8) is 0 Å². The normalized spacial score (nSPS) is 26.0. The molecule has 2 bridgehead atoms. The van der Waals surface area contributed by atoms with Crippen LogP contribution in [0.1, 0.15) is 56.1 Å². The Morgan fingerprint density at radius 2 is 1.77 bits per heavy atom. The number of carbonyl (C=O) groups is 1. The van der Waals surface area contributed by atoms with Crippen molar-refractivity contribution in [3.8, 4) is 0 Å². The average molecular weight is 525 g/mol. The van der Waals surface area contributed by atoms with Gasteiger partial charge in [0.1, 0.15) is 0 Å². The van der Waals surface area contributed by atoms with E-state index in [0.717, 1.165) is 32.0 Å². The molecule has 30 heavy (non-hydrogen) atoms. The van der Waals surface area contributed by atoms with Crippen molar-refractivity contribution in [3.05, 3.63) is 35.4 Å². The zero-order valence-electron chi connectivity index (χ0n) is 18.3. The number of nitrogens with one attached hydrogen (secondary N) is 2. The van der Waals surface area contributed by atoms with Crippen LogP contribution in [0.5, 0.6) is 0 Å². The maximum absolute atomic E-state index is 12.5. The lowest BCUT2D eigenvalue weighted by Crippen LogP contribution is -2.56. The van der Waals surface area contributed by atoms with E-state index >= 15 is 0 Å². The second-order valence-electron chi connectivity index (χ2n) is 8.84. The fourth-order valence-corrected chi connectivity index (χ4v) is 5.24. The molecule has 7 heteroatoms. The van der Waals surface area contributed by atoms with Gasteiger partial charge in [-0.2, -0.15) is 0 Å². The fraction of sp³-hybridized carbons (Fsp3) is 0.652. The predicted octanol–water partition coefficient (Wildman–Crippen LogP) is 3.11. The van der Waals surface area contributed by atoms with Gasteiger partial charge in [0.25, 0.3) is 0 Å². The number of carbonyl (C=O) groups excluding carboxylic acids is 1. The molecule has 2 fully saturated rings. The first kappa shape index (κ1) is 23.3. The Labute approximate surface area is 197 Å². The van der Waals surface area contributed by atoms with E-state index in [9.17, 15) is 4.79 Å². The largest absolute Gasteiger partial charge is 0.356 e. The molecule has 3 aliphatic heterocycles. The summed E-state index contributed by atoms with van der Waals surface area (Å²) in [5, 5.41) is 7.04. The van der Waals surface area contributed by atoms with Gasteiger partial charge in [-0.15, -0.1) is 24.0 Å². The van der Waals surface area contributed by atoms with Crippen LogP contribution in [0.3, 0.4) is 0 Å². The lowest BCUT2D eigenvalue weighted by molar-refractivity contribution is -0.131. The molecule has 4 rings (SSSR count). The molecule has 0 radical (unpaired) electrons. The second kappa shape index (κ2) is 10.8. The summed E-state index contributed by atoms with van der Waals surface area (Å²) < 4.78 is 0. The molecule has 0 saturated carbocycles. The minimum Gasteiger partial charge on any atom is -0.356 e. The molecular weight excluding hydrogens is 489 g/mol. The Kier molecular flexibility index (Phi) is 8.39. The first-order chi connectivity index (χ1) is 14.1. The van der Waals surface area contributed by atoms with Crippen LogP contribution in [0.2, 0.25) is 0 Å². The molecule has 0 aliphatic carbocycles.